The van der Waals surface area contributed by atoms with E-state index in [9.17, 15) is 13.2 Å². The molecule has 30 heavy (non-hydrogen) atoms. The number of rotatable bonds is 6. The first kappa shape index (κ1) is 20.2. The molecule has 0 bridgehead atoms. The predicted molar refractivity (Wildman–Crippen MR) is 114 cm³/mol. The number of piperazine rings is 1. The molecule has 7 nitrogen and oxygen atoms in total. The van der Waals surface area contributed by atoms with Crippen molar-refractivity contribution >= 4 is 21.6 Å². The second-order valence-electron chi connectivity index (χ2n) is 7.14. The third kappa shape index (κ3) is 4.72. The molecule has 1 aromatic heterocycles. The highest BCUT2D eigenvalue weighted by molar-refractivity contribution is 7.92. The number of nitrogens with zero attached hydrogens (tertiary/aromatic N) is 2. The van der Waals surface area contributed by atoms with Crippen molar-refractivity contribution < 1.29 is 17.6 Å². The zero-order valence-electron chi connectivity index (χ0n) is 16.4. The van der Waals surface area contributed by atoms with Crippen LogP contribution in [0.3, 0.4) is 0 Å². The number of nitrogens with one attached hydrogen (secondary N) is 1. The van der Waals surface area contributed by atoms with Gasteiger partial charge in [-0.15, -0.1) is 0 Å². The molecule has 156 valence electrons. The van der Waals surface area contributed by atoms with Crippen molar-refractivity contribution in [3.63, 3.8) is 0 Å². The summed E-state index contributed by atoms with van der Waals surface area (Å²) in [5, 5.41) is 0. The number of para-hydroxylation sites is 1. The summed E-state index contributed by atoms with van der Waals surface area (Å²) >= 11 is 0. The summed E-state index contributed by atoms with van der Waals surface area (Å²) in [6, 6.07) is 18.6. The molecule has 0 unspecified atom stereocenters. The summed E-state index contributed by atoms with van der Waals surface area (Å²) in [6.45, 7) is 3.50. The van der Waals surface area contributed by atoms with E-state index in [1.54, 1.807) is 47.6 Å². The number of carbonyl (C=O) groups is 1. The van der Waals surface area contributed by atoms with Crippen molar-refractivity contribution in [3.05, 3.63) is 84.3 Å². The van der Waals surface area contributed by atoms with Gasteiger partial charge in [-0.25, -0.2) is 8.42 Å². The molecule has 1 aliphatic heterocycles. The van der Waals surface area contributed by atoms with Crippen LogP contribution in [0.25, 0.3) is 0 Å². The Morgan fingerprint density at radius 2 is 1.60 bits per heavy atom. The first-order valence-electron chi connectivity index (χ1n) is 9.73. The molecule has 0 radical (unpaired) electrons. The molecule has 8 heteroatoms. The molecule has 0 aliphatic carbocycles. The lowest BCUT2D eigenvalue weighted by Gasteiger charge is -2.34. The van der Waals surface area contributed by atoms with Gasteiger partial charge in [0.1, 0.15) is 5.76 Å². The molecular formula is C22H23N3O4S. The smallest absolute Gasteiger partial charge is 0.261 e. The van der Waals surface area contributed by atoms with Crippen LogP contribution in [-0.2, 0) is 16.6 Å². The normalized spacial score (nSPS) is 15.1. The van der Waals surface area contributed by atoms with E-state index in [4.69, 9.17) is 4.42 Å². The second-order valence-corrected chi connectivity index (χ2v) is 8.83. The van der Waals surface area contributed by atoms with Gasteiger partial charge in [-0.1, -0.05) is 18.2 Å². The Kier molecular flexibility index (Phi) is 5.87. The van der Waals surface area contributed by atoms with E-state index in [0.29, 0.717) is 24.3 Å². The SMILES string of the molecule is O=C(c1ccc(S(=O)(=O)Nc2ccccc2)cc1)N1CCN(Cc2ccco2)CC1. The third-order valence-corrected chi connectivity index (χ3v) is 6.45. The predicted octanol–water partition coefficient (Wildman–Crippen LogP) is 3.04. The first-order valence-corrected chi connectivity index (χ1v) is 11.2. The Morgan fingerprint density at radius 3 is 2.23 bits per heavy atom. The Morgan fingerprint density at radius 1 is 0.900 bits per heavy atom. The van der Waals surface area contributed by atoms with Crippen LogP contribution in [0.15, 0.2) is 82.3 Å². The largest absolute Gasteiger partial charge is 0.468 e. The van der Waals surface area contributed by atoms with Crippen molar-refractivity contribution in [2.45, 2.75) is 11.4 Å². The van der Waals surface area contributed by atoms with E-state index in [1.165, 1.54) is 12.1 Å². The Labute approximate surface area is 176 Å². The van der Waals surface area contributed by atoms with Gasteiger partial charge in [0, 0.05) is 37.4 Å². The monoisotopic (exact) mass is 425 g/mol. The van der Waals surface area contributed by atoms with E-state index in [1.807, 2.05) is 18.2 Å². The third-order valence-electron chi connectivity index (χ3n) is 5.06. The highest BCUT2D eigenvalue weighted by Gasteiger charge is 2.23. The molecule has 1 fully saturated rings. The second kappa shape index (κ2) is 8.73. The van der Waals surface area contributed by atoms with Crippen LogP contribution in [0.1, 0.15) is 16.1 Å². The number of anilines is 1. The molecule has 0 saturated carbocycles. The molecule has 1 amide bonds. The molecule has 0 spiro atoms. The number of sulfonamides is 1. The minimum atomic E-state index is -3.70. The number of benzene rings is 2. The summed E-state index contributed by atoms with van der Waals surface area (Å²) in [5.74, 6) is 0.823. The average Bonchev–Trinajstić information content (AvgIpc) is 3.27. The lowest BCUT2D eigenvalue weighted by molar-refractivity contribution is 0.0620. The van der Waals surface area contributed by atoms with Gasteiger partial charge in [0.2, 0.25) is 0 Å². The van der Waals surface area contributed by atoms with Crippen molar-refractivity contribution in [1.82, 2.24) is 9.80 Å². The number of hydrogen-bond acceptors (Lipinski definition) is 5. The van der Waals surface area contributed by atoms with Gasteiger partial charge in [-0.2, -0.15) is 0 Å². The van der Waals surface area contributed by atoms with Gasteiger partial charge in [-0.05, 0) is 48.5 Å². The summed E-state index contributed by atoms with van der Waals surface area (Å²) in [4.78, 5) is 17.0. The van der Waals surface area contributed by atoms with E-state index in [2.05, 4.69) is 9.62 Å². The van der Waals surface area contributed by atoms with Crippen molar-refractivity contribution in [2.24, 2.45) is 0 Å². The van der Waals surface area contributed by atoms with Crippen LogP contribution in [0.4, 0.5) is 5.69 Å². The zero-order valence-corrected chi connectivity index (χ0v) is 17.2. The van der Waals surface area contributed by atoms with Crippen LogP contribution in [0, 0.1) is 0 Å². The lowest BCUT2D eigenvalue weighted by Crippen LogP contribution is -2.48. The highest BCUT2D eigenvalue weighted by atomic mass is 32.2. The maximum Gasteiger partial charge on any atom is 0.261 e. The van der Waals surface area contributed by atoms with Crippen LogP contribution in [-0.4, -0.2) is 50.3 Å². The Bertz CT molecular complexity index is 1070. The van der Waals surface area contributed by atoms with Crippen molar-refractivity contribution in [3.8, 4) is 0 Å². The van der Waals surface area contributed by atoms with E-state index >= 15 is 0 Å². The quantitative estimate of drug-likeness (QED) is 0.656. The van der Waals surface area contributed by atoms with Gasteiger partial charge >= 0.3 is 0 Å². The fourth-order valence-electron chi connectivity index (χ4n) is 3.41. The molecule has 0 atom stereocenters. The van der Waals surface area contributed by atoms with Crippen LogP contribution in [0.5, 0.6) is 0 Å². The minimum Gasteiger partial charge on any atom is -0.468 e. The lowest BCUT2D eigenvalue weighted by atomic mass is 10.2. The van der Waals surface area contributed by atoms with E-state index in [-0.39, 0.29) is 10.8 Å². The molecule has 4 rings (SSSR count). The molecule has 1 aliphatic rings. The number of amides is 1. The molecule has 3 aromatic rings. The maximum atomic E-state index is 12.8. The molecule has 1 saturated heterocycles. The molecule has 2 aromatic carbocycles. The minimum absolute atomic E-state index is 0.0902. The van der Waals surface area contributed by atoms with Crippen molar-refractivity contribution in [2.75, 3.05) is 30.9 Å². The fraction of sp³-hybridized carbons (Fsp3) is 0.227. The molecule has 2 heterocycles. The molecule has 1 N–H and O–H groups in total. The molecular weight excluding hydrogens is 402 g/mol. The average molecular weight is 426 g/mol. The number of carbonyl (C=O) groups excluding carboxylic acids is 1. The summed E-state index contributed by atoms with van der Waals surface area (Å²) < 4.78 is 33.0. The maximum absolute atomic E-state index is 12.8. The van der Waals surface area contributed by atoms with E-state index in [0.717, 1.165) is 25.4 Å². The summed E-state index contributed by atoms with van der Waals surface area (Å²) in [7, 11) is -3.70. The standard InChI is InChI=1S/C22H23N3O4S/c26-22(25-14-12-24(13-15-25)17-20-7-4-16-29-20)18-8-10-21(11-9-18)30(27,28)23-19-5-2-1-3-6-19/h1-11,16,23H,12-15,17H2. The van der Waals surface area contributed by atoms with Gasteiger partial charge in [-0.3, -0.25) is 14.4 Å². The summed E-state index contributed by atoms with van der Waals surface area (Å²) in [5.41, 5.74) is 0.971. The topological polar surface area (TPSA) is 82.9 Å². The van der Waals surface area contributed by atoms with Crippen LogP contribution < -0.4 is 4.72 Å². The Balaban J connectivity index is 1.36. The highest BCUT2D eigenvalue weighted by Crippen LogP contribution is 2.18. The number of furan rings is 1. The van der Waals surface area contributed by atoms with Gasteiger partial charge in [0.15, 0.2) is 0 Å². The zero-order chi connectivity index (χ0) is 21.0. The van der Waals surface area contributed by atoms with Crippen molar-refractivity contribution in [1.29, 1.82) is 0 Å². The van der Waals surface area contributed by atoms with Crippen LogP contribution in [0.2, 0.25) is 0 Å². The van der Waals surface area contributed by atoms with Gasteiger partial charge < -0.3 is 9.32 Å². The van der Waals surface area contributed by atoms with E-state index < -0.39 is 10.0 Å². The Hall–Kier alpha value is -3.10. The first-order chi connectivity index (χ1) is 14.5. The van der Waals surface area contributed by atoms with Gasteiger partial charge in [0.25, 0.3) is 15.9 Å². The van der Waals surface area contributed by atoms with Gasteiger partial charge in [0.05, 0.1) is 17.7 Å². The fourth-order valence-corrected chi connectivity index (χ4v) is 4.47. The summed E-state index contributed by atoms with van der Waals surface area (Å²) in [6.07, 6.45) is 1.66. The van der Waals surface area contributed by atoms with Crippen LogP contribution >= 0.6 is 0 Å². The number of hydrogen-bond donors (Lipinski definition) is 1.